The number of rotatable bonds is 8. The quantitative estimate of drug-likeness (QED) is 0.721. The number of halogens is 1. The van der Waals surface area contributed by atoms with Gasteiger partial charge in [-0.3, -0.25) is 0 Å². The number of nitrogens with one attached hydrogen (secondary N) is 1. The molecule has 0 aliphatic heterocycles. The van der Waals surface area contributed by atoms with Crippen LogP contribution in [0, 0.1) is 5.82 Å². The van der Waals surface area contributed by atoms with Crippen LogP contribution >= 0.6 is 7.69 Å². The summed E-state index contributed by atoms with van der Waals surface area (Å²) >= 11 is 0. The van der Waals surface area contributed by atoms with Crippen LogP contribution in [0.1, 0.15) is 44.3 Å². The number of methoxy groups -OCH3 is 1. The number of unbranched alkanes of at least 4 members (excludes halogenated alkanes) is 1. The maximum absolute atomic E-state index is 14.3. The van der Waals surface area contributed by atoms with Crippen molar-refractivity contribution in [3.63, 3.8) is 0 Å². The fourth-order valence-corrected chi connectivity index (χ4v) is 5.17. The average molecular weight is 322 g/mol. The third-order valence-corrected chi connectivity index (χ3v) is 6.36. The van der Waals surface area contributed by atoms with Gasteiger partial charge in [0.25, 0.3) is 0 Å². The molecule has 1 N–H and O–H groups in total. The molecule has 1 fully saturated rings. The van der Waals surface area contributed by atoms with Crippen LogP contribution in [0.2, 0.25) is 0 Å². The van der Waals surface area contributed by atoms with E-state index in [9.17, 15) is 4.39 Å². The Morgan fingerprint density at radius 1 is 1.41 bits per heavy atom. The van der Waals surface area contributed by atoms with Gasteiger partial charge in [0.15, 0.2) is 0 Å². The number of aromatic nitrogens is 1. The average Bonchev–Trinajstić information content (AvgIpc) is 3.23. The monoisotopic (exact) mass is 322 g/mol. The van der Waals surface area contributed by atoms with Crippen molar-refractivity contribution in [2.75, 3.05) is 13.7 Å². The Kier molecular flexibility index (Phi) is 5.12. The Balaban J connectivity index is 1.86. The molecule has 0 radical (unpaired) electrons. The number of ether oxygens (including phenoxy) is 1. The minimum absolute atomic E-state index is 0.0901. The Hall–Kier alpha value is -0.960. The molecule has 2 aromatic rings. The van der Waals surface area contributed by atoms with Crippen LogP contribution in [0.5, 0.6) is 0 Å². The summed E-state index contributed by atoms with van der Waals surface area (Å²) in [4.78, 5) is 0. The molecule has 0 amide bonds. The second-order valence-electron chi connectivity index (χ2n) is 6.11. The van der Waals surface area contributed by atoms with E-state index >= 15 is 0 Å². The fraction of sp³-hybridized carbons (Fsp3) is 0.588. The van der Waals surface area contributed by atoms with Gasteiger partial charge in [0.2, 0.25) is 0 Å². The molecule has 2 unspecified atom stereocenters. The SMILES string of the molecule is COCCCCp1nc(C(C)NC2CC2)c2cccc(F)c21. The molecule has 22 heavy (non-hydrogen) atoms. The van der Waals surface area contributed by atoms with E-state index in [0.29, 0.717) is 6.04 Å². The van der Waals surface area contributed by atoms with Gasteiger partial charge in [-0.05, 0) is 46.4 Å². The number of benzene rings is 1. The maximum atomic E-state index is 14.3. The van der Waals surface area contributed by atoms with E-state index in [2.05, 4.69) is 12.2 Å². The van der Waals surface area contributed by atoms with Gasteiger partial charge >= 0.3 is 0 Å². The van der Waals surface area contributed by atoms with Crippen molar-refractivity contribution in [1.29, 1.82) is 0 Å². The van der Waals surface area contributed by atoms with Crippen molar-refractivity contribution in [2.45, 2.75) is 50.9 Å². The van der Waals surface area contributed by atoms with Crippen LogP contribution in [-0.4, -0.2) is 24.5 Å². The van der Waals surface area contributed by atoms with E-state index in [0.717, 1.165) is 41.8 Å². The highest BCUT2D eigenvalue weighted by Gasteiger charge is 2.26. The molecule has 3 rings (SSSR count). The molecule has 1 aliphatic rings. The molecule has 3 nitrogen and oxygen atoms in total. The lowest BCUT2D eigenvalue weighted by Gasteiger charge is -2.11. The van der Waals surface area contributed by atoms with Gasteiger partial charge in [-0.1, -0.05) is 12.1 Å². The molecule has 120 valence electrons. The van der Waals surface area contributed by atoms with Crippen LogP contribution in [-0.2, 0) is 10.9 Å². The Morgan fingerprint density at radius 2 is 2.23 bits per heavy atom. The summed E-state index contributed by atoms with van der Waals surface area (Å²) in [5, 5.41) is 5.47. The first-order valence-electron chi connectivity index (χ1n) is 8.10. The normalized spacial score (nSPS) is 17.1. The predicted octanol–water partition coefficient (Wildman–Crippen LogP) is 4.60. The first-order chi connectivity index (χ1) is 10.7. The zero-order valence-corrected chi connectivity index (χ0v) is 14.2. The molecule has 1 heterocycles. The summed E-state index contributed by atoms with van der Waals surface area (Å²) in [5.41, 5.74) is 1.05. The number of aryl methyl sites for hydroxylation is 1. The van der Waals surface area contributed by atoms with Gasteiger partial charge < -0.3 is 10.1 Å². The summed E-state index contributed by atoms with van der Waals surface area (Å²) < 4.78 is 24.4. The number of hydrogen-bond acceptors (Lipinski definition) is 3. The van der Waals surface area contributed by atoms with E-state index in [1.54, 1.807) is 19.2 Å². The van der Waals surface area contributed by atoms with Gasteiger partial charge in [0.05, 0.1) is 10.8 Å². The minimum Gasteiger partial charge on any atom is -0.385 e. The standard InChI is InChI=1S/C17H24FN2OP/c1-12(19-13-8-9-13)16-14-6-5-7-15(18)17(14)22(20-16)11-4-3-10-21-2/h5-7,12-13,19H,3-4,8-11H2,1-2H3. The van der Waals surface area contributed by atoms with Crippen molar-refractivity contribution in [2.24, 2.45) is 0 Å². The highest BCUT2D eigenvalue weighted by molar-refractivity contribution is 7.51. The Morgan fingerprint density at radius 3 is 2.95 bits per heavy atom. The second kappa shape index (κ2) is 7.08. The molecular weight excluding hydrogens is 298 g/mol. The molecule has 1 aromatic heterocycles. The smallest absolute Gasteiger partial charge is 0.136 e. The summed E-state index contributed by atoms with van der Waals surface area (Å²) in [6.45, 7) is 2.92. The van der Waals surface area contributed by atoms with E-state index in [-0.39, 0.29) is 11.9 Å². The van der Waals surface area contributed by atoms with Crippen molar-refractivity contribution in [1.82, 2.24) is 10.1 Å². The summed E-state index contributed by atoms with van der Waals surface area (Å²) in [7, 11) is 0.962. The summed E-state index contributed by atoms with van der Waals surface area (Å²) in [5.74, 6) is -0.0901. The van der Waals surface area contributed by atoms with E-state index in [1.807, 2.05) is 6.07 Å². The van der Waals surface area contributed by atoms with Gasteiger partial charge in [-0.25, -0.2) is 9.14 Å². The Labute approximate surface area is 132 Å². The molecule has 5 heteroatoms. The van der Waals surface area contributed by atoms with E-state index < -0.39 is 7.69 Å². The van der Waals surface area contributed by atoms with Crippen LogP contribution in [0.3, 0.4) is 0 Å². The third-order valence-electron chi connectivity index (χ3n) is 4.19. The number of fused-ring (bicyclic) bond motifs is 1. The fourth-order valence-electron chi connectivity index (χ4n) is 2.89. The third kappa shape index (κ3) is 3.51. The van der Waals surface area contributed by atoms with Crippen LogP contribution in [0.25, 0.3) is 10.5 Å². The van der Waals surface area contributed by atoms with Crippen molar-refractivity contribution >= 4 is 18.2 Å². The topological polar surface area (TPSA) is 34.1 Å². The van der Waals surface area contributed by atoms with Gasteiger partial charge in [0, 0.05) is 37.3 Å². The highest BCUT2D eigenvalue weighted by Crippen LogP contribution is 2.43. The lowest BCUT2D eigenvalue weighted by Crippen LogP contribution is -2.21. The zero-order chi connectivity index (χ0) is 15.5. The van der Waals surface area contributed by atoms with E-state index in [4.69, 9.17) is 9.48 Å². The maximum Gasteiger partial charge on any atom is 0.136 e. The van der Waals surface area contributed by atoms with Gasteiger partial charge in [-0.15, -0.1) is 0 Å². The number of hydrogen-bond donors (Lipinski definition) is 1. The molecule has 1 aliphatic carbocycles. The van der Waals surface area contributed by atoms with Crippen LogP contribution in [0.4, 0.5) is 4.39 Å². The first-order valence-corrected chi connectivity index (χ1v) is 9.58. The van der Waals surface area contributed by atoms with Gasteiger partial charge in [0.1, 0.15) is 5.82 Å². The predicted molar refractivity (Wildman–Crippen MR) is 90.1 cm³/mol. The zero-order valence-electron chi connectivity index (χ0n) is 13.3. The first kappa shape index (κ1) is 15.9. The van der Waals surface area contributed by atoms with Crippen LogP contribution in [0.15, 0.2) is 18.2 Å². The largest absolute Gasteiger partial charge is 0.385 e. The highest BCUT2D eigenvalue weighted by atomic mass is 31.1. The summed E-state index contributed by atoms with van der Waals surface area (Å²) in [6, 6.07) is 6.24. The summed E-state index contributed by atoms with van der Waals surface area (Å²) in [6.07, 6.45) is 5.50. The van der Waals surface area contributed by atoms with Crippen molar-refractivity contribution in [3.05, 3.63) is 29.7 Å². The van der Waals surface area contributed by atoms with Crippen molar-refractivity contribution < 1.29 is 9.13 Å². The molecule has 0 saturated heterocycles. The Bertz CT molecular complexity index is 639. The molecular formula is C17H24FN2OP. The lowest BCUT2D eigenvalue weighted by atomic mass is 10.1. The van der Waals surface area contributed by atoms with Gasteiger partial charge in [-0.2, -0.15) is 0 Å². The second-order valence-corrected chi connectivity index (χ2v) is 8.00. The molecule has 1 aromatic carbocycles. The van der Waals surface area contributed by atoms with Crippen LogP contribution < -0.4 is 5.32 Å². The lowest BCUT2D eigenvalue weighted by molar-refractivity contribution is 0.193. The molecule has 0 bridgehead atoms. The van der Waals surface area contributed by atoms with E-state index in [1.165, 1.54) is 12.8 Å². The molecule has 2 atom stereocenters. The molecule has 1 saturated carbocycles. The van der Waals surface area contributed by atoms with Crippen molar-refractivity contribution in [3.8, 4) is 0 Å². The minimum atomic E-state index is -0.757. The number of nitrogens with zero attached hydrogens (tertiary/aromatic N) is 1. The molecule has 0 spiro atoms.